The number of rotatable bonds is 11. The second-order valence-corrected chi connectivity index (χ2v) is 11.8. The topological polar surface area (TPSA) is 112 Å². The first-order valence-corrected chi connectivity index (χ1v) is 14.2. The zero-order valence-electron chi connectivity index (χ0n) is 20.9. The quantitative estimate of drug-likeness (QED) is 0.283. The molecule has 2 aromatic heterocycles. The summed E-state index contributed by atoms with van der Waals surface area (Å²) in [7, 11) is -4.60. The maximum atomic E-state index is 14.8. The fourth-order valence-electron chi connectivity index (χ4n) is 3.95. The Morgan fingerprint density at radius 2 is 1.85 bits per heavy atom. The summed E-state index contributed by atoms with van der Waals surface area (Å²) in [4.78, 5) is 12.7. The second kappa shape index (κ2) is 12.5. The molecule has 0 saturated carbocycles. The number of sulfonamides is 1. The summed E-state index contributed by atoms with van der Waals surface area (Å²) >= 11 is 1.28. The van der Waals surface area contributed by atoms with Crippen molar-refractivity contribution in [3.05, 3.63) is 112 Å². The number of aromatic nitrogens is 2. The van der Waals surface area contributed by atoms with E-state index in [1.54, 1.807) is 29.6 Å². The van der Waals surface area contributed by atoms with Crippen LogP contribution in [-0.4, -0.2) is 52.6 Å². The molecule has 12 heteroatoms. The highest BCUT2D eigenvalue weighted by Gasteiger charge is 2.33. The summed E-state index contributed by atoms with van der Waals surface area (Å²) in [5, 5.41) is 23.2. The minimum Gasteiger partial charge on any atom is -0.390 e. The highest BCUT2D eigenvalue weighted by atomic mass is 32.2. The Labute approximate surface area is 229 Å². The molecule has 204 valence electrons. The molecule has 0 aliphatic rings. The third kappa shape index (κ3) is 7.09. The van der Waals surface area contributed by atoms with Crippen LogP contribution >= 0.6 is 11.3 Å². The Morgan fingerprint density at radius 1 is 1.08 bits per heavy atom. The van der Waals surface area contributed by atoms with Crippen LogP contribution in [0, 0.1) is 18.6 Å². The molecule has 0 saturated heterocycles. The van der Waals surface area contributed by atoms with Crippen LogP contribution in [0.1, 0.15) is 26.4 Å². The number of carbonyl (C=O) groups excluding carboxylic acids is 1. The van der Waals surface area contributed by atoms with Gasteiger partial charge in [0.15, 0.2) is 0 Å². The number of thiophene rings is 1. The van der Waals surface area contributed by atoms with Crippen LogP contribution in [0.5, 0.6) is 0 Å². The Balaban J connectivity index is 1.66. The van der Waals surface area contributed by atoms with Crippen molar-refractivity contribution in [3.63, 3.8) is 0 Å². The maximum Gasteiger partial charge on any atom is 0.253 e. The van der Waals surface area contributed by atoms with Crippen molar-refractivity contribution in [2.75, 3.05) is 6.54 Å². The van der Waals surface area contributed by atoms with Gasteiger partial charge < -0.3 is 10.4 Å². The molecular weight excluding hydrogens is 546 g/mol. The fourth-order valence-corrected chi connectivity index (χ4v) is 6.25. The smallest absolute Gasteiger partial charge is 0.253 e. The van der Waals surface area contributed by atoms with Crippen LogP contribution in [0.3, 0.4) is 0 Å². The van der Waals surface area contributed by atoms with Gasteiger partial charge in [0.2, 0.25) is 10.0 Å². The molecular formula is C27H26F2N4O4S2. The number of aliphatic hydroxyl groups excluding tert-OH is 1. The summed E-state index contributed by atoms with van der Waals surface area (Å²) in [5.74, 6) is -2.50. The van der Waals surface area contributed by atoms with Crippen molar-refractivity contribution in [1.29, 1.82) is 0 Å². The maximum absolute atomic E-state index is 14.8. The van der Waals surface area contributed by atoms with Crippen molar-refractivity contribution in [2.24, 2.45) is 0 Å². The Morgan fingerprint density at radius 3 is 2.51 bits per heavy atom. The second-order valence-electron chi connectivity index (χ2n) is 8.88. The van der Waals surface area contributed by atoms with Crippen LogP contribution in [0.25, 0.3) is 0 Å². The average Bonchev–Trinajstić information content (AvgIpc) is 3.44. The predicted molar refractivity (Wildman–Crippen MR) is 142 cm³/mol. The third-order valence-corrected chi connectivity index (χ3v) is 8.75. The molecule has 0 unspecified atom stereocenters. The Kier molecular flexibility index (Phi) is 9.12. The average molecular weight is 573 g/mol. The molecule has 2 heterocycles. The largest absolute Gasteiger partial charge is 0.390 e. The van der Waals surface area contributed by atoms with Crippen LogP contribution in [-0.2, 0) is 23.0 Å². The zero-order chi connectivity index (χ0) is 28.0. The van der Waals surface area contributed by atoms with Gasteiger partial charge in [-0.05, 0) is 54.1 Å². The van der Waals surface area contributed by atoms with E-state index in [-0.39, 0.29) is 24.1 Å². The number of halogens is 2. The van der Waals surface area contributed by atoms with Crippen LogP contribution < -0.4 is 5.32 Å². The number of hydrogen-bond donors (Lipinski definition) is 2. The molecule has 0 aliphatic heterocycles. The lowest BCUT2D eigenvalue weighted by Gasteiger charge is -2.30. The number of benzene rings is 2. The molecule has 4 rings (SSSR count). The predicted octanol–water partition coefficient (Wildman–Crippen LogP) is 3.72. The number of amides is 1. The molecule has 0 radical (unpaired) electrons. The number of aryl methyl sites for hydroxylation is 1. The van der Waals surface area contributed by atoms with E-state index >= 15 is 0 Å². The first-order valence-electron chi connectivity index (χ1n) is 11.9. The lowest BCUT2D eigenvalue weighted by atomic mass is 10.0. The summed E-state index contributed by atoms with van der Waals surface area (Å²) < 4.78 is 57.2. The van der Waals surface area contributed by atoms with Gasteiger partial charge in [-0.2, -0.15) is 14.5 Å². The zero-order valence-corrected chi connectivity index (χ0v) is 22.5. The van der Waals surface area contributed by atoms with Crippen molar-refractivity contribution in [2.45, 2.75) is 36.9 Å². The van der Waals surface area contributed by atoms with E-state index in [1.165, 1.54) is 36.7 Å². The third-order valence-electron chi connectivity index (χ3n) is 6.06. The Bertz CT molecular complexity index is 1510. The van der Waals surface area contributed by atoms with E-state index in [2.05, 4.69) is 15.5 Å². The van der Waals surface area contributed by atoms with E-state index in [9.17, 15) is 27.1 Å². The molecule has 2 aromatic carbocycles. The highest BCUT2D eigenvalue weighted by Crippen LogP contribution is 2.26. The van der Waals surface area contributed by atoms with Gasteiger partial charge in [-0.3, -0.25) is 4.79 Å². The Hall–Kier alpha value is -3.58. The van der Waals surface area contributed by atoms with Gasteiger partial charge in [0.05, 0.1) is 30.1 Å². The molecule has 0 bridgehead atoms. The van der Waals surface area contributed by atoms with Crippen molar-refractivity contribution < 1.29 is 27.1 Å². The normalized spacial score (nSPS) is 13.3. The molecule has 0 aliphatic carbocycles. The van der Waals surface area contributed by atoms with Crippen molar-refractivity contribution >= 4 is 27.3 Å². The SMILES string of the molecule is Cc1cc(F)c(S(=O)(=O)N(Cc2cccs2)C[C@@H](O)[C@H](Cc2ccccc2)NC(=O)c2ccnnc2)cc1F. The highest BCUT2D eigenvalue weighted by molar-refractivity contribution is 7.89. The van der Waals surface area contributed by atoms with E-state index in [1.807, 2.05) is 18.2 Å². The lowest BCUT2D eigenvalue weighted by molar-refractivity contribution is 0.0778. The van der Waals surface area contributed by atoms with Crippen LogP contribution in [0.15, 0.2) is 83.3 Å². The number of hydrogen-bond acceptors (Lipinski definition) is 7. The van der Waals surface area contributed by atoms with E-state index in [0.29, 0.717) is 10.9 Å². The first kappa shape index (κ1) is 28.4. The molecule has 1 amide bonds. The molecule has 8 nitrogen and oxygen atoms in total. The molecule has 39 heavy (non-hydrogen) atoms. The minimum absolute atomic E-state index is 0.0347. The van der Waals surface area contributed by atoms with Gasteiger partial charge in [-0.15, -0.1) is 11.3 Å². The molecule has 0 fully saturated rings. The number of nitrogens with one attached hydrogen (secondary N) is 1. The van der Waals surface area contributed by atoms with Crippen LogP contribution in [0.4, 0.5) is 8.78 Å². The van der Waals surface area contributed by atoms with Crippen molar-refractivity contribution in [3.8, 4) is 0 Å². The lowest BCUT2D eigenvalue weighted by Crippen LogP contribution is -2.50. The summed E-state index contributed by atoms with van der Waals surface area (Å²) in [6.45, 7) is 0.644. The monoisotopic (exact) mass is 572 g/mol. The molecule has 4 aromatic rings. The van der Waals surface area contributed by atoms with Gasteiger partial charge in [-0.1, -0.05) is 36.4 Å². The first-order chi connectivity index (χ1) is 18.6. The number of carbonyl (C=O) groups is 1. The van der Waals surface area contributed by atoms with E-state index in [0.717, 1.165) is 15.9 Å². The van der Waals surface area contributed by atoms with Crippen molar-refractivity contribution in [1.82, 2.24) is 19.8 Å². The number of aliphatic hydroxyl groups is 1. The summed E-state index contributed by atoms with van der Waals surface area (Å²) in [6.07, 6.45) is 1.37. The molecule has 2 atom stereocenters. The minimum atomic E-state index is -4.60. The standard InChI is InChI=1S/C27H26F2N4O4S2/c1-18-12-23(29)26(14-22(18)28)39(36,37)33(16-21-8-5-11-38-21)17-25(34)24(13-19-6-3-2-4-7-19)32-27(35)20-9-10-30-31-15-20/h2-12,14-15,24-25,34H,13,16-17H2,1H3,(H,32,35)/t24-,25+/m0/s1. The molecule has 2 N–H and O–H groups in total. The summed E-state index contributed by atoms with van der Waals surface area (Å²) in [6, 6.07) is 14.5. The van der Waals surface area contributed by atoms with Crippen LogP contribution in [0.2, 0.25) is 0 Å². The van der Waals surface area contributed by atoms with Gasteiger partial charge >= 0.3 is 0 Å². The van der Waals surface area contributed by atoms with Gasteiger partial charge in [-0.25, -0.2) is 17.2 Å². The van der Waals surface area contributed by atoms with E-state index < -0.39 is 51.2 Å². The van der Waals surface area contributed by atoms with Gasteiger partial charge in [0.1, 0.15) is 16.5 Å². The van der Waals surface area contributed by atoms with E-state index in [4.69, 9.17) is 0 Å². The number of nitrogens with zero attached hydrogens (tertiary/aromatic N) is 3. The molecule has 0 spiro atoms. The van der Waals surface area contributed by atoms with Gasteiger partial charge in [0.25, 0.3) is 5.91 Å². The summed E-state index contributed by atoms with van der Waals surface area (Å²) in [5.41, 5.74) is 0.956. The van der Waals surface area contributed by atoms with Gasteiger partial charge in [0, 0.05) is 18.0 Å². The fraction of sp³-hybridized carbons (Fsp3) is 0.222.